The number of benzene rings is 1. The Bertz CT molecular complexity index is 522. The summed E-state index contributed by atoms with van der Waals surface area (Å²) in [5.41, 5.74) is 7.21. The molecule has 1 aliphatic rings. The molecule has 2 rings (SSSR count). The van der Waals surface area contributed by atoms with Crippen LogP contribution in [0.5, 0.6) is 11.5 Å². The van der Waals surface area contributed by atoms with Crippen LogP contribution in [0.25, 0.3) is 0 Å². The highest BCUT2D eigenvalue weighted by Gasteiger charge is 2.13. The van der Waals surface area contributed by atoms with Crippen molar-refractivity contribution in [2.75, 3.05) is 39.2 Å². The highest BCUT2D eigenvalue weighted by molar-refractivity contribution is 5.58. The number of nitrogens with one attached hydrogen (secondary N) is 1. The van der Waals surface area contributed by atoms with Crippen molar-refractivity contribution in [2.24, 2.45) is 0 Å². The number of rotatable bonds is 7. The van der Waals surface area contributed by atoms with Crippen molar-refractivity contribution in [2.45, 2.75) is 25.3 Å². The van der Waals surface area contributed by atoms with Crippen molar-refractivity contribution < 1.29 is 14.2 Å². The molecule has 1 heterocycles. The van der Waals surface area contributed by atoms with Crippen LogP contribution in [0.15, 0.2) is 12.1 Å². The van der Waals surface area contributed by atoms with Crippen LogP contribution < -0.4 is 20.5 Å². The molecular formula is C16H23N3O3. The summed E-state index contributed by atoms with van der Waals surface area (Å²) >= 11 is 0. The molecule has 0 bridgehead atoms. The maximum atomic E-state index is 8.82. The number of methoxy groups -OCH3 is 1. The first-order valence-electron chi connectivity index (χ1n) is 7.52. The molecule has 0 aliphatic carbocycles. The van der Waals surface area contributed by atoms with Crippen molar-refractivity contribution in [3.63, 3.8) is 0 Å². The number of ether oxygens (including phenoxy) is 3. The van der Waals surface area contributed by atoms with Gasteiger partial charge in [0.15, 0.2) is 11.5 Å². The van der Waals surface area contributed by atoms with Crippen LogP contribution in [0, 0.1) is 11.3 Å². The Kier molecular flexibility index (Phi) is 6.31. The minimum absolute atomic E-state index is 0.259. The summed E-state index contributed by atoms with van der Waals surface area (Å²) in [6.07, 6.45) is 2.18. The van der Waals surface area contributed by atoms with Gasteiger partial charge in [-0.05, 0) is 24.5 Å². The molecule has 6 heteroatoms. The summed E-state index contributed by atoms with van der Waals surface area (Å²) in [4.78, 5) is 0. The molecule has 1 aliphatic heterocycles. The van der Waals surface area contributed by atoms with Crippen molar-refractivity contribution in [1.82, 2.24) is 5.32 Å². The molecule has 0 amide bonds. The standard InChI is InChI=1S/C16H23N3O3/c1-20-15-10-14(18)12(4-5-17)9-16(15)22-7-2-3-13-11-21-8-6-19-13/h9-10,13,19H,2-4,6-8,11,18H2,1H3. The Morgan fingerprint density at radius 3 is 3.00 bits per heavy atom. The van der Waals surface area contributed by atoms with Crippen molar-refractivity contribution in [1.29, 1.82) is 5.26 Å². The first-order chi connectivity index (χ1) is 10.7. The third-order valence-corrected chi connectivity index (χ3v) is 3.65. The van der Waals surface area contributed by atoms with Crippen LogP contribution in [0.1, 0.15) is 18.4 Å². The Morgan fingerprint density at radius 2 is 2.32 bits per heavy atom. The van der Waals surface area contributed by atoms with Gasteiger partial charge in [0.05, 0.1) is 39.4 Å². The fraction of sp³-hybridized carbons (Fsp3) is 0.562. The average Bonchev–Trinajstić information content (AvgIpc) is 2.55. The van der Waals surface area contributed by atoms with E-state index < -0.39 is 0 Å². The van der Waals surface area contributed by atoms with Gasteiger partial charge in [-0.25, -0.2) is 0 Å². The number of nitrogens with two attached hydrogens (primary N) is 1. The molecule has 0 spiro atoms. The smallest absolute Gasteiger partial charge is 0.162 e. The molecule has 3 N–H and O–H groups in total. The fourth-order valence-corrected chi connectivity index (χ4v) is 2.45. The van der Waals surface area contributed by atoms with Gasteiger partial charge in [-0.2, -0.15) is 5.26 Å². The second kappa shape index (κ2) is 8.47. The number of morpholine rings is 1. The average molecular weight is 305 g/mol. The van der Waals surface area contributed by atoms with E-state index in [-0.39, 0.29) is 6.42 Å². The summed E-state index contributed by atoms with van der Waals surface area (Å²) < 4.78 is 16.5. The Labute approximate surface area is 131 Å². The van der Waals surface area contributed by atoms with Gasteiger partial charge in [0.1, 0.15) is 0 Å². The summed E-state index contributed by atoms with van der Waals surface area (Å²) in [6, 6.07) is 6.00. The summed E-state index contributed by atoms with van der Waals surface area (Å²) in [6.45, 7) is 3.05. The first-order valence-corrected chi connectivity index (χ1v) is 7.52. The van der Waals surface area contributed by atoms with Crippen molar-refractivity contribution >= 4 is 5.69 Å². The largest absolute Gasteiger partial charge is 0.493 e. The first kappa shape index (κ1) is 16.4. The number of hydrogen-bond acceptors (Lipinski definition) is 6. The van der Waals surface area contributed by atoms with E-state index in [0.29, 0.717) is 29.8 Å². The third-order valence-electron chi connectivity index (χ3n) is 3.65. The molecular weight excluding hydrogens is 282 g/mol. The zero-order chi connectivity index (χ0) is 15.8. The van der Waals surface area contributed by atoms with Crippen LogP contribution >= 0.6 is 0 Å². The Balaban J connectivity index is 1.87. The van der Waals surface area contributed by atoms with Crippen LogP contribution in [0.2, 0.25) is 0 Å². The van der Waals surface area contributed by atoms with E-state index in [1.807, 2.05) is 0 Å². The van der Waals surface area contributed by atoms with E-state index in [1.54, 1.807) is 19.2 Å². The summed E-state index contributed by atoms with van der Waals surface area (Å²) in [7, 11) is 1.58. The van der Waals surface area contributed by atoms with Crippen LogP contribution in [0.3, 0.4) is 0 Å². The van der Waals surface area contributed by atoms with Gasteiger partial charge >= 0.3 is 0 Å². The predicted molar refractivity (Wildman–Crippen MR) is 84.1 cm³/mol. The monoisotopic (exact) mass is 305 g/mol. The number of nitriles is 1. The second-order valence-corrected chi connectivity index (χ2v) is 5.25. The van der Waals surface area contributed by atoms with Gasteiger partial charge in [-0.1, -0.05) is 0 Å². The zero-order valence-corrected chi connectivity index (χ0v) is 12.9. The molecule has 120 valence electrons. The molecule has 1 aromatic rings. The maximum absolute atomic E-state index is 8.82. The van der Waals surface area contributed by atoms with Gasteiger partial charge in [-0.3, -0.25) is 0 Å². The maximum Gasteiger partial charge on any atom is 0.162 e. The lowest BCUT2D eigenvalue weighted by molar-refractivity contribution is 0.0721. The van der Waals surface area contributed by atoms with Gasteiger partial charge in [0.25, 0.3) is 0 Å². The fourth-order valence-electron chi connectivity index (χ4n) is 2.45. The molecule has 1 unspecified atom stereocenters. The van der Waals surface area contributed by atoms with E-state index in [1.165, 1.54) is 0 Å². The number of anilines is 1. The lowest BCUT2D eigenvalue weighted by atomic mass is 10.1. The lowest BCUT2D eigenvalue weighted by Crippen LogP contribution is -2.41. The van der Waals surface area contributed by atoms with Crippen LogP contribution in [-0.2, 0) is 11.2 Å². The molecule has 0 saturated carbocycles. The van der Waals surface area contributed by atoms with E-state index in [4.69, 9.17) is 25.2 Å². The zero-order valence-electron chi connectivity index (χ0n) is 12.9. The Hall–Kier alpha value is -1.97. The van der Waals surface area contributed by atoms with Gasteiger partial charge < -0.3 is 25.3 Å². The number of nitrogen functional groups attached to an aromatic ring is 1. The second-order valence-electron chi connectivity index (χ2n) is 5.25. The quantitative estimate of drug-likeness (QED) is 0.586. The SMILES string of the molecule is COc1cc(N)c(CC#N)cc1OCCCC1COCCN1. The highest BCUT2D eigenvalue weighted by Crippen LogP contribution is 2.32. The van der Waals surface area contributed by atoms with Crippen LogP contribution in [0.4, 0.5) is 5.69 Å². The topological polar surface area (TPSA) is 89.5 Å². The molecule has 1 fully saturated rings. The van der Waals surface area contributed by atoms with Crippen molar-refractivity contribution in [3.05, 3.63) is 17.7 Å². The van der Waals surface area contributed by atoms with E-state index >= 15 is 0 Å². The van der Waals surface area contributed by atoms with E-state index in [2.05, 4.69) is 11.4 Å². The predicted octanol–water partition coefficient (Wildman–Crippen LogP) is 1.49. The molecule has 1 aromatic carbocycles. The number of hydrogen-bond donors (Lipinski definition) is 2. The van der Waals surface area contributed by atoms with Gasteiger partial charge in [0.2, 0.25) is 0 Å². The Morgan fingerprint density at radius 1 is 1.45 bits per heavy atom. The minimum Gasteiger partial charge on any atom is -0.493 e. The van der Waals surface area contributed by atoms with Gasteiger partial charge in [-0.15, -0.1) is 0 Å². The third kappa shape index (κ3) is 4.52. The van der Waals surface area contributed by atoms with E-state index in [9.17, 15) is 0 Å². The molecule has 1 saturated heterocycles. The van der Waals surface area contributed by atoms with E-state index in [0.717, 1.165) is 38.2 Å². The van der Waals surface area contributed by atoms with Crippen molar-refractivity contribution in [3.8, 4) is 17.6 Å². The summed E-state index contributed by atoms with van der Waals surface area (Å²) in [5.74, 6) is 1.23. The lowest BCUT2D eigenvalue weighted by Gasteiger charge is -2.23. The molecule has 0 radical (unpaired) electrons. The highest BCUT2D eigenvalue weighted by atomic mass is 16.5. The molecule has 22 heavy (non-hydrogen) atoms. The minimum atomic E-state index is 0.259. The summed E-state index contributed by atoms with van der Waals surface area (Å²) in [5, 5.41) is 12.2. The molecule has 1 atom stereocenters. The number of nitrogens with zero attached hydrogens (tertiary/aromatic N) is 1. The van der Waals surface area contributed by atoms with Crippen LogP contribution in [-0.4, -0.2) is 39.5 Å². The normalized spacial score (nSPS) is 17.7. The van der Waals surface area contributed by atoms with Gasteiger partial charge in [0, 0.05) is 24.3 Å². The molecule has 6 nitrogen and oxygen atoms in total. The molecule has 0 aromatic heterocycles.